The van der Waals surface area contributed by atoms with Crippen molar-refractivity contribution in [3.63, 3.8) is 0 Å². The Morgan fingerprint density at radius 2 is 1.76 bits per heavy atom. The molecule has 0 aromatic carbocycles. The monoisotopic (exact) mass is 577 g/mol. The van der Waals surface area contributed by atoms with Crippen LogP contribution in [0.15, 0.2) is 17.1 Å². The Bertz CT molecular complexity index is 1050. The van der Waals surface area contributed by atoms with Crippen LogP contribution in [-0.2, 0) is 18.3 Å². The summed E-state index contributed by atoms with van der Waals surface area (Å²) in [4.78, 5) is 28.6. The van der Waals surface area contributed by atoms with Gasteiger partial charge in [0.2, 0.25) is 6.23 Å². The van der Waals surface area contributed by atoms with Crippen molar-refractivity contribution in [2.75, 3.05) is 11.9 Å². The summed E-state index contributed by atoms with van der Waals surface area (Å²) < 4.78 is 56.2. The molecule has 0 saturated carbocycles. The molecule has 1 saturated heterocycles. The van der Waals surface area contributed by atoms with Gasteiger partial charge in [-0.3, -0.25) is 9.88 Å². The molecule has 13 heteroatoms. The van der Waals surface area contributed by atoms with E-state index in [0.29, 0.717) is 0 Å². The Labute approximate surface area is 226 Å². The molecule has 2 rings (SSSR count). The first-order valence-corrected chi connectivity index (χ1v) is 18.8. The standard InChI is InChI=1S/C25H45F2N3O6Si2/c1-16(2)37(9,10)33-15-17-19(36-38(11,12)24(6,7)8)25(26,27)20(34-17)30-14-13-18(28-21(30)31)29-22(32)35-23(3,4)5/h13-14,16-17,19-20H,15H2,1-12H3,(H,28,29,31,32)/t17-,19?,20-/m1/s1. The molecule has 3 atom stereocenters. The van der Waals surface area contributed by atoms with Gasteiger partial charge in [-0.15, -0.1) is 0 Å². The zero-order valence-corrected chi connectivity index (χ0v) is 26.8. The summed E-state index contributed by atoms with van der Waals surface area (Å²) in [5, 5.41) is 2.01. The van der Waals surface area contributed by atoms with Crippen LogP contribution in [0.25, 0.3) is 0 Å². The largest absolute Gasteiger partial charge is 0.444 e. The minimum Gasteiger partial charge on any atom is -0.444 e. The molecule has 9 nitrogen and oxygen atoms in total. The minimum atomic E-state index is -3.56. The lowest BCUT2D eigenvalue weighted by Gasteiger charge is -2.40. The van der Waals surface area contributed by atoms with Gasteiger partial charge in [0, 0.05) is 6.20 Å². The summed E-state index contributed by atoms with van der Waals surface area (Å²) in [6.45, 7) is 22.8. The van der Waals surface area contributed by atoms with Gasteiger partial charge < -0.3 is 18.3 Å². The predicted octanol–water partition coefficient (Wildman–Crippen LogP) is 6.15. The lowest BCUT2D eigenvalue weighted by molar-refractivity contribution is -0.138. The number of nitrogens with zero attached hydrogens (tertiary/aromatic N) is 2. The quantitative estimate of drug-likeness (QED) is 0.370. The molecule has 1 amide bonds. The number of carbonyl (C=O) groups is 1. The van der Waals surface area contributed by atoms with Crippen molar-refractivity contribution in [3.8, 4) is 0 Å². The van der Waals surface area contributed by atoms with E-state index in [1.54, 1.807) is 20.8 Å². The van der Waals surface area contributed by atoms with Crippen molar-refractivity contribution in [2.45, 2.75) is 122 Å². The van der Waals surface area contributed by atoms with Crippen LogP contribution in [0, 0.1) is 0 Å². The predicted molar refractivity (Wildman–Crippen MR) is 148 cm³/mol. The third kappa shape index (κ3) is 7.71. The van der Waals surface area contributed by atoms with E-state index in [4.69, 9.17) is 18.3 Å². The summed E-state index contributed by atoms with van der Waals surface area (Å²) in [6, 6.07) is 1.24. The number of hydrogen-bond acceptors (Lipinski definition) is 7. The van der Waals surface area contributed by atoms with E-state index in [-0.39, 0.29) is 23.0 Å². The highest BCUT2D eigenvalue weighted by molar-refractivity contribution is 6.74. The van der Waals surface area contributed by atoms with E-state index in [0.717, 1.165) is 10.8 Å². The lowest BCUT2D eigenvalue weighted by Crippen LogP contribution is -2.53. The number of nitrogens with one attached hydrogen (secondary N) is 1. The van der Waals surface area contributed by atoms with Crippen LogP contribution in [0.5, 0.6) is 0 Å². The fraction of sp³-hybridized carbons (Fsp3) is 0.800. The summed E-state index contributed by atoms with van der Waals surface area (Å²) in [7, 11) is -4.83. The van der Waals surface area contributed by atoms with E-state index in [2.05, 4.69) is 10.3 Å². The Morgan fingerprint density at radius 1 is 1.18 bits per heavy atom. The molecular weight excluding hydrogens is 532 g/mol. The van der Waals surface area contributed by atoms with Crippen LogP contribution in [0.1, 0.15) is 61.6 Å². The van der Waals surface area contributed by atoms with Crippen molar-refractivity contribution in [2.24, 2.45) is 0 Å². The number of alkyl halides is 2. The van der Waals surface area contributed by atoms with Crippen LogP contribution < -0.4 is 11.0 Å². The molecule has 1 aromatic rings. The molecule has 0 spiro atoms. The van der Waals surface area contributed by atoms with Crippen molar-refractivity contribution in [3.05, 3.63) is 22.7 Å². The number of ether oxygens (including phenoxy) is 2. The number of hydrogen-bond donors (Lipinski definition) is 1. The number of aromatic nitrogens is 2. The molecule has 1 aliphatic heterocycles. The van der Waals surface area contributed by atoms with E-state index in [1.165, 1.54) is 6.07 Å². The van der Waals surface area contributed by atoms with Gasteiger partial charge >= 0.3 is 17.7 Å². The second-order valence-electron chi connectivity index (χ2n) is 13.2. The van der Waals surface area contributed by atoms with Crippen LogP contribution in [0.2, 0.25) is 36.8 Å². The molecule has 2 heterocycles. The van der Waals surface area contributed by atoms with Gasteiger partial charge in [0.25, 0.3) is 0 Å². The number of amides is 1. The Kier molecular flexibility index (Phi) is 9.47. The SMILES string of the molecule is CC(C)[Si](C)(C)OC[C@H]1O[C@@H](n2ccc(NC(=O)OC(C)(C)C)nc2=O)C(F)(F)C1O[Si](C)(C)C(C)(C)C. The summed E-state index contributed by atoms with van der Waals surface area (Å²) >= 11 is 0. The maximum Gasteiger partial charge on any atom is 0.413 e. The lowest BCUT2D eigenvalue weighted by atomic mass is 10.1. The van der Waals surface area contributed by atoms with Crippen LogP contribution in [0.4, 0.5) is 19.4 Å². The molecule has 1 aromatic heterocycles. The van der Waals surface area contributed by atoms with E-state index >= 15 is 8.78 Å². The zero-order chi connectivity index (χ0) is 29.5. The van der Waals surface area contributed by atoms with Gasteiger partial charge in [-0.25, -0.2) is 9.59 Å². The molecule has 0 aliphatic carbocycles. The number of rotatable bonds is 8. The van der Waals surface area contributed by atoms with Gasteiger partial charge in [-0.1, -0.05) is 34.6 Å². The molecule has 0 radical (unpaired) electrons. The van der Waals surface area contributed by atoms with Gasteiger partial charge in [-0.2, -0.15) is 13.8 Å². The van der Waals surface area contributed by atoms with Crippen molar-refractivity contribution >= 4 is 28.5 Å². The first kappa shape index (κ1) is 32.5. The van der Waals surface area contributed by atoms with Gasteiger partial charge in [0.1, 0.15) is 23.6 Å². The number of carbonyl (C=O) groups excluding carboxylic acids is 1. The third-order valence-electron chi connectivity index (χ3n) is 7.30. The van der Waals surface area contributed by atoms with Crippen molar-refractivity contribution < 1.29 is 31.9 Å². The highest BCUT2D eigenvalue weighted by Crippen LogP contribution is 2.48. The maximum atomic E-state index is 16.0. The Morgan fingerprint density at radius 3 is 2.24 bits per heavy atom. The molecular formula is C25H45F2N3O6Si2. The van der Waals surface area contributed by atoms with Crippen LogP contribution >= 0.6 is 0 Å². The average molecular weight is 578 g/mol. The highest BCUT2D eigenvalue weighted by atomic mass is 28.4. The first-order valence-electron chi connectivity index (χ1n) is 12.9. The third-order valence-corrected chi connectivity index (χ3v) is 15.4. The zero-order valence-electron chi connectivity index (χ0n) is 24.8. The van der Waals surface area contributed by atoms with E-state index in [9.17, 15) is 9.59 Å². The summed E-state index contributed by atoms with van der Waals surface area (Å²) in [5.74, 6) is -3.68. The van der Waals surface area contributed by atoms with Crippen molar-refractivity contribution in [1.82, 2.24) is 9.55 Å². The normalized spacial score (nSPS) is 22.6. The topological polar surface area (TPSA) is 101 Å². The Balaban J connectivity index is 2.40. The van der Waals surface area contributed by atoms with Crippen LogP contribution in [-0.4, -0.2) is 62.6 Å². The number of halogens is 2. The molecule has 1 unspecified atom stereocenters. The minimum absolute atomic E-state index is 0.0801. The molecule has 0 bridgehead atoms. The van der Waals surface area contributed by atoms with Gasteiger partial charge in [0.15, 0.2) is 16.6 Å². The maximum absolute atomic E-state index is 16.0. The fourth-order valence-corrected chi connectivity index (χ4v) is 5.50. The summed E-state index contributed by atoms with van der Waals surface area (Å²) in [6.07, 6.45) is -4.36. The molecule has 38 heavy (non-hydrogen) atoms. The highest BCUT2D eigenvalue weighted by Gasteiger charge is 2.63. The molecule has 218 valence electrons. The fourth-order valence-electron chi connectivity index (χ4n) is 3.27. The van der Waals surface area contributed by atoms with Gasteiger partial charge in [0.05, 0.1) is 6.61 Å². The second-order valence-corrected chi connectivity index (χ2v) is 22.6. The Hall–Kier alpha value is -1.68. The van der Waals surface area contributed by atoms with Crippen molar-refractivity contribution in [1.29, 1.82) is 0 Å². The smallest absolute Gasteiger partial charge is 0.413 e. The van der Waals surface area contributed by atoms with Crippen LogP contribution in [0.3, 0.4) is 0 Å². The molecule has 1 aliphatic rings. The molecule has 1 fully saturated rings. The van der Waals surface area contributed by atoms with E-state index in [1.807, 2.05) is 60.8 Å². The average Bonchev–Trinajstić information content (AvgIpc) is 2.94. The summed E-state index contributed by atoms with van der Waals surface area (Å²) in [5.41, 5.74) is -1.51. The van der Waals surface area contributed by atoms with E-state index < -0.39 is 58.4 Å². The first-order chi connectivity index (χ1) is 17.0. The molecule has 1 N–H and O–H groups in total. The van der Waals surface area contributed by atoms with Gasteiger partial charge in [-0.05, 0) is 63.6 Å². The number of anilines is 1. The second kappa shape index (κ2) is 11.1.